The number of hydrogen-bond acceptors (Lipinski definition) is 6. The molecule has 8 heteroatoms. The summed E-state index contributed by atoms with van der Waals surface area (Å²) in [6, 6.07) is 15.0. The molecule has 0 unspecified atom stereocenters. The molecule has 0 N–H and O–H groups in total. The number of ether oxygens (including phenoxy) is 1. The van der Waals surface area contributed by atoms with E-state index in [1.54, 1.807) is 24.3 Å². The molecule has 0 saturated heterocycles. The maximum absolute atomic E-state index is 12.3. The van der Waals surface area contributed by atoms with Crippen LogP contribution in [0.3, 0.4) is 0 Å². The highest BCUT2D eigenvalue weighted by atomic mass is 16.6. The summed E-state index contributed by atoms with van der Waals surface area (Å²) in [5.74, 6) is -0.652. The van der Waals surface area contributed by atoms with E-state index in [0.29, 0.717) is 5.39 Å². The van der Waals surface area contributed by atoms with Gasteiger partial charge >= 0.3 is 5.97 Å². The lowest BCUT2D eigenvalue weighted by Crippen LogP contribution is -2.10. The Morgan fingerprint density at radius 3 is 2.08 bits per heavy atom. The molecule has 0 bridgehead atoms. The SMILES string of the molecule is O=C(Oc1cccc2ccccc12)c1cc([N+](=O)[O-])cc([N+](=O)[O-])c1. The molecular formula is C17H10N2O6. The van der Waals surface area contributed by atoms with Crippen molar-refractivity contribution in [2.45, 2.75) is 0 Å². The summed E-state index contributed by atoms with van der Waals surface area (Å²) in [5, 5.41) is 23.4. The van der Waals surface area contributed by atoms with Crippen LogP contribution in [0.4, 0.5) is 11.4 Å². The summed E-state index contributed by atoms with van der Waals surface area (Å²) in [7, 11) is 0. The summed E-state index contributed by atoms with van der Waals surface area (Å²) >= 11 is 0. The first-order chi connectivity index (χ1) is 12.0. The van der Waals surface area contributed by atoms with E-state index in [2.05, 4.69) is 0 Å². The zero-order valence-corrected chi connectivity index (χ0v) is 12.6. The van der Waals surface area contributed by atoms with Gasteiger partial charge in [-0.3, -0.25) is 20.2 Å². The molecule has 3 aromatic rings. The number of hydrogen-bond donors (Lipinski definition) is 0. The van der Waals surface area contributed by atoms with Gasteiger partial charge in [0.15, 0.2) is 0 Å². The van der Waals surface area contributed by atoms with Crippen molar-refractivity contribution in [1.82, 2.24) is 0 Å². The van der Waals surface area contributed by atoms with E-state index in [-0.39, 0.29) is 11.3 Å². The van der Waals surface area contributed by atoms with Gasteiger partial charge in [0, 0.05) is 17.5 Å². The fourth-order valence-corrected chi connectivity index (χ4v) is 2.37. The Morgan fingerprint density at radius 2 is 1.44 bits per heavy atom. The smallest absolute Gasteiger partial charge is 0.344 e. The van der Waals surface area contributed by atoms with Crippen molar-refractivity contribution in [2.75, 3.05) is 0 Å². The number of fused-ring (bicyclic) bond motifs is 1. The first-order valence-corrected chi connectivity index (χ1v) is 7.09. The molecule has 0 aliphatic heterocycles. The summed E-state index contributed by atoms with van der Waals surface area (Å²) < 4.78 is 5.30. The van der Waals surface area contributed by atoms with Crippen molar-refractivity contribution in [3.8, 4) is 5.75 Å². The van der Waals surface area contributed by atoms with E-state index in [1.807, 2.05) is 18.2 Å². The Bertz CT molecular complexity index is 977. The van der Waals surface area contributed by atoms with Crippen LogP contribution in [0.2, 0.25) is 0 Å². The lowest BCUT2D eigenvalue weighted by Gasteiger charge is -2.07. The van der Waals surface area contributed by atoms with Gasteiger partial charge in [-0.05, 0) is 11.5 Å². The lowest BCUT2D eigenvalue weighted by atomic mass is 10.1. The standard InChI is InChI=1S/C17H10N2O6/c20-17(12-8-13(18(21)22)10-14(9-12)19(23)24)25-16-7-3-5-11-4-1-2-6-15(11)16/h1-10H. The molecule has 0 fully saturated rings. The average Bonchev–Trinajstić information content (AvgIpc) is 2.61. The van der Waals surface area contributed by atoms with E-state index in [4.69, 9.17) is 4.74 Å². The Kier molecular flexibility index (Phi) is 4.09. The number of carbonyl (C=O) groups is 1. The summed E-state index contributed by atoms with van der Waals surface area (Å²) in [6.07, 6.45) is 0. The molecule has 0 atom stereocenters. The van der Waals surface area contributed by atoms with E-state index in [0.717, 1.165) is 23.6 Å². The fourth-order valence-electron chi connectivity index (χ4n) is 2.37. The van der Waals surface area contributed by atoms with Gasteiger partial charge in [0.1, 0.15) is 5.75 Å². The highest BCUT2D eigenvalue weighted by Gasteiger charge is 2.21. The van der Waals surface area contributed by atoms with Crippen molar-refractivity contribution in [1.29, 1.82) is 0 Å². The van der Waals surface area contributed by atoms with Crippen LogP contribution >= 0.6 is 0 Å². The molecule has 0 saturated carbocycles. The second kappa shape index (κ2) is 6.36. The third kappa shape index (κ3) is 3.27. The number of rotatable bonds is 4. The molecule has 0 radical (unpaired) electrons. The number of nitro groups is 2. The number of nitrogens with zero attached hydrogens (tertiary/aromatic N) is 2. The van der Waals surface area contributed by atoms with E-state index < -0.39 is 27.2 Å². The zero-order chi connectivity index (χ0) is 18.0. The second-order valence-electron chi connectivity index (χ2n) is 5.12. The summed E-state index contributed by atoms with van der Waals surface area (Å²) in [4.78, 5) is 32.6. The van der Waals surface area contributed by atoms with Crippen molar-refractivity contribution in [3.05, 3.63) is 86.5 Å². The predicted octanol–water partition coefficient (Wildman–Crippen LogP) is 3.88. The van der Waals surface area contributed by atoms with Crippen LogP contribution in [-0.4, -0.2) is 15.8 Å². The first-order valence-electron chi connectivity index (χ1n) is 7.09. The molecular weight excluding hydrogens is 328 g/mol. The highest BCUT2D eigenvalue weighted by molar-refractivity contribution is 5.96. The van der Waals surface area contributed by atoms with Crippen molar-refractivity contribution >= 4 is 28.1 Å². The Hall–Kier alpha value is -3.81. The highest BCUT2D eigenvalue weighted by Crippen LogP contribution is 2.28. The summed E-state index contributed by atoms with van der Waals surface area (Å²) in [5.41, 5.74) is -1.38. The van der Waals surface area contributed by atoms with Gasteiger partial charge in [-0.25, -0.2) is 4.79 Å². The molecule has 25 heavy (non-hydrogen) atoms. The minimum atomic E-state index is -0.914. The molecule has 124 valence electrons. The average molecular weight is 338 g/mol. The summed E-state index contributed by atoms with van der Waals surface area (Å²) in [6.45, 7) is 0. The van der Waals surface area contributed by atoms with Gasteiger partial charge in [-0.15, -0.1) is 0 Å². The van der Waals surface area contributed by atoms with Crippen molar-refractivity contribution in [3.63, 3.8) is 0 Å². The predicted molar refractivity (Wildman–Crippen MR) is 88.7 cm³/mol. The minimum Gasteiger partial charge on any atom is -0.422 e. The number of esters is 1. The fraction of sp³-hybridized carbons (Fsp3) is 0. The molecule has 0 amide bonds. The largest absolute Gasteiger partial charge is 0.422 e. The third-order valence-electron chi connectivity index (χ3n) is 3.51. The number of benzene rings is 3. The minimum absolute atomic E-state index is 0.261. The van der Waals surface area contributed by atoms with Crippen LogP contribution in [0.25, 0.3) is 10.8 Å². The van der Waals surface area contributed by atoms with E-state index >= 15 is 0 Å². The van der Waals surface area contributed by atoms with E-state index in [9.17, 15) is 25.0 Å². The maximum Gasteiger partial charge on any atom is 0.344 e. The normalized spacial score (nSPS) is 10.4. The van der Waals surface area contributed by atoms with Crippen molar-refractivity contribution in [2.24, 2.45) is 0 Å². The molecule has 3 aromatic carbocycles. The van der Waals surface area contributed by atoms with Crippen molar-refractivity contribution < 1.29 is 19.4 Å². The molecule has 0 aliphatic rings. The lowest BCUT2D eigenvalue weighted by molar-refractivity contribution is -0.394. The van der Waals surface area contributed by atoms with Crippen LogP contribution < -0.4 is 4.74 Å². The van der Waals surface area contributed by atoms with Crippen LogP contribution in [0, 0.1) is 20.2 Å². The van der Waals surface area contributed by atoms with Gasteiger partial charge in [-0.2, -0.15) is 0 Å². The van der Waals surface area contributed by atoms with Crippen LogP contribution in [0.15, 0.2) is 60.7 Å². The topological polar surface area (TPSA) is 113 Å². The van der Waals surface area contributed by atoms with Gasteiger partial charge in [-0.1, -0.05) is 36.4 Å². The van der Waals surface area contributed by atoms with Crippen LogP contribution in [0.5, 0.6) is 5.75 Å². The Balaban J connectivity index is 2.00. The van der Waals surface area contributed by atoms with Crippen LogP contribution in [0.1, 0.15) is 10.4 Å². The van der Waals surface area contributed by atoms with Gasteiger partial charge in [0.2, 0.25) is 0 Å². The molecule has 3 rings (SSSR count). The quantitative estimate of drug-likeness (QED) is 0.309. The third-order valence-corrected chi connectivity index (χ3v) is 3.51. The molecule has 0 heterocycles. The number of carbonyl (C=O) groups excluding carboxylic acids is 1. The number of nitro benzene ring substituents is 2. The Morgan fingerprint density at radius 1 is 0.840 bits per heavy atom. The Labute approximate surface area is 140 Å². The van der Waals surface area contributed by atoms with Gasteiger partial charge < -0.3 is 4.74 Å². The molecule has 0 spiro atoms. The van der Waals surface area contributed by atoms with E-state index in [1.165, 1.54) is 0 Å². The first kappa shape index (κ1) is 16.1. The monoisotopic (exact) mass is 338 g/mol. The zero-order valence-electron chi connectivity index (χ0n) is 12.6. The van der Waals surface area contributed by atoms with Crippen LogP contribution in [-0.2, 0) is 0 Å². The van der Waals surface area contributed by atoms with Gasteiger partial charge in [0.25, 0.3) is 11.4 Å². The molecule has 0 aliphatic carbocycles. The maximum atomic E-state index is 12.3. The number of non-ortho nitro benzene ring substituents is 2. The van der Waals surface area contributed by atoms with Gasteiger partial charge in [0.05, 0.1) is 21.5 Å². The molecule has 0 aromatic heterocycles. The second-order valence-corrected chi connectivity index (χ2v) is 5.12. The molecule has 8 nitrogen and oxygen atoms in total.